The van der Waals surface area contributed by atoms with Crippen LogP contribution in [0.5, 0.6) is 0 Å². The van der Waals surface area contributed by atoms with E-state index in [0.29, 0.717) is 23.0 Å². The maximum atomic E-state index is 12.3. The Hall–Kier alpha value is -0.440. The minimum absolute atomic E-state index is 0.134. The van der Waals surface area contributed by atoms with Gasteiger partial charge in [0.25, 0.3) is 0 Å². The van der Waals surface area contributed by atoms with Crippen LogP contribution in [-0.2, 0) is 4.79 Å². The van der Waals surface area contributed by atoms with Crippen molar-refractivity contribution in [3.05, 3.63) is 0 Å². The zero-order chi connectivity index (χ0) is 71.6. The Morgan fingerprint density at radius 1 is 0.276 bits per heavy atom. The summed E-state index contributed by atoms with van der Waals surface area (Å²) in [7, 11) is 0. The highest BCUT2D eigenvalue weighted by atomic mass is 19.1. The molecular formula is C102H163FO2. The summed E-state index contributed by atoms with van der Waals surface area (Å²) in [6, 6.07) is 0. The van der Waals surface area contributed by atoms with Gasteiger partial charge >= 0.3 is 0 Å². The van der Waals surface area contributed by atoms with E-state index >= 15 is 0 Å². The Balaban J connectivity index is 0.0000000754. The Morgan fingerprint density at radius 3 is 0.810 bits per heavy atom. The summed E-state index contributed by atoms with van der Waals surface area (Å²) in [5, 5.41) is 8.98. The molecular weight excluding hydrogens is 1280 g/mol. The first-order valence-electron chi connectivity index (χ1n) is 49.2. The minimum atomic E-state index is -0.634. The highest BCUT2D eigenvalue weighted by Gasteiger charge is 2.72. The largest absolute Gasteiger partial charge is 0.390 e. The third kappa shape index (κ3) is 14.0. The van der Waals surface area contributed by atoms with E-state index in [9.17, 15) is 9.18 Å². The topological polar surface area (TPSA) is 37.3 Å². The van der Waals surface area contributed by atoms with Crippen LogP contribution >= 0.6 is 0 Å². The molecule has 41 aliphatic carbocycles. The quantitative estimate of drug-likeness (QED) is 0.262. The summed E-state index contributed by atoms with van der Waals surface area (Å²) < 4.78 is 12.3. The number of alkyl halides is 1. The smallest absolute Gasteiger partial charge is 0.139 e. The molecule has 0 amide bonds. The lowest BCUT2D eigenvalue weighted by Crippen LogP contribution is -2.57. The first-order valence-corrected chi connectivity index (χ1v) is 49.2. The van der Waals surface area contributed by atoms with Crippen LogP contribution in [-0.4, -0.2) is 22.2 Å². The van der Waals surface area contributed by atoms with Crippen LogP contribution in [0.15, 0.2) is 0 Å². The van der Waals surface area contributed by atoms with Crippen LogP contribution in [0.4, 0.5) is 4.39 Å². The fraction of sp³-hybridized carbons (Fsp3) is 0.990. The maximum absolute atomic E-state index is 12.3. The van der Waals surface area contributed by atoms with Gasteiger partial charge in [0, 0.05) is 11.8 Å². The van der Waals surface area contributed by atoms with Crippen molar-refractivity contribution in [1.82, 2.24) is 0 Å². The Kier molecular flexibility index (Phi) is 19.1. The number of carbonyl (C=O) groups excluding carboxylic acids is 1. The van der Waals surface area contributed by atoms with Crippen LogP contribution in [0.2, 0.25) is 0 Å². The third-order valence-corrected chi connectivity index (χ3v) is 43.4. The first kappa shape index (κ1) is 73.5. The van der Waals surface area contributed by atoms with Crippen LogP contribution in [0.1, 0.15) is 383 Å². The molecule has 41 saturated carbocycles. The molecule has 590 valence electrons. The van der Waals surface area contributed by atoms with Crippen molar-refractivity contribution >= 4 is 5.78 Å². The van der Waals surface area contributed by atoms with Crippen LogP contribution in [0.3, 0.4) is 0 Å². The number of rotatable bonds is 0. The first-order chi connectivity index (χ1) is 50.2. The number of hydrogen-bond donors (Lipinski definition) is 1. The number of halogens is 1. The summed E-state index contributed by atoms with van der Waals surface area (Å²) >= 11 is 0. The molecule has 105 heavy (non-hydrogen) atoms. The molecule has 41 fully saturated rings. The van der Waals surface area contributed by atoms with Crippen molar-refractivity contribution in [3.63, 3.8) is 0 Å². The summed E-state index contributed by atoms with van der Waals surface area (Å²) in [4.78, 5) is 11.0. The van der Waals surface area contributed by atoms with Crippen molar-refractivity contribution in [2.75, 3.05) is 0 Å². The standard InChI is InChI=1S/C11H18.C10H18.C9H14.C9H16.C8H12.C7H10O.2C7H10.C7H12.2C6H10.C5H7F.C5H8O.C5H8/c1-2-8-4-5-9-6-7-11(8)10(9)3-1;1-7-8-4-5-9(6-8)10(7,2)3;1-9(2)5-3-6-7(4-5)8(6)9;1-9(2)7-3-4-8(9)6-5-7;1-5-2-7-4-6(1)8(7)3-5;8-7-5-1-2-6(7)4-3-5;2*1-4-2-6-5(1)7(6)3-4;1-2-7-4-3-6(1)5-7;2*1-6-2-5(3-6)4-6;2*6-5-1-4(2-5)3-5;1-4-2-5(1)3-4/h8-11H,1-7H2;7-9H,4-6H2,1-3H3;5-8H,3-4H2,1-2H3;7-8H,3-6H2,1-2H3;5-8H,1-4H2;5-6H,1-4H2;2*4-7H,1-3H2;6-7H,1-5H2;2*5H,2-4H2,1H3;4H,1-3H2;4,6H,1-3H2;4-5H,1-3H2. The molecule has 41 aliphatic rings. The van der Waals surface area contributed by atoms with Gasteiger partial charge in [0.15, 0.2) is 0 Å². The molecule has 0 heterocycles. The van der Waals surface area contributed by atoms with Gasteiger partial charge in [-0.05, 0) is 505 Å². The second-order valence-corrected chi connectivity index (χ2v) is 50.6. The summed E-state index contributed by atoms with van der Waals surface area (Å²) in [6.07, 6.45) is 73.7. The molecule has 0 spiro atoms. The molecule has 2 nitrogen and oxygen atoms in total. The third-order valence-electron chi connectivity index (χ3n) is 43.4. The van der Waals surface area contributed by atoms with Crippen LogP contribution < -0.4 is 0 Å². The molecule has 11 unspecified atom stereocenters. The average Bonchev–Trinajstić information content (AvgIpc) is 1.50. The van der Waals surface area contributed by atoms with E-state index in [1.54, 1.807) is 212 Å². The predicted molar refractivity (Wildman–Crippen MR) is 430 cm³/mol. The lowest BCUT2D eigenvalue weighted by molar-refractivity contribution is -0.189. The number of aliphatic hydroxyl groups is 1. The number of Topliss-reactive ketones (excluding diaryl/α,β-unsaturated/α-hetero) is 1. The molecule has 0 saturated heterocycles. The van der Waals surface area contributed by atoms with Gasteiger partial charge in [0.05, 0.1) is 5.60 Å². The fourth-order valence-electron chi connectivity index (χ4n) is 35.5. The van der Waals surface area contributed by atoms with Gasteiger partial charge in [-0.1, -0.05) is 101 Å². The van der Waals surface area contributed by atoms with Crippen molar-refractivity contribution < 1.29 is 14.3 Å². The van der Waals surface area contributed by atoms with Crippen molar-refractivity contribution in [2.24, 2.45) is 234 Å². The van der Waals surface area contributed by atoms with Gasteiger partial charge in [-0.25, -0.2) is 4.39 Å². The second kappa shape index (κ2) is 27.4. The van der Waals surface area contributed by atoms with Crippen molar-refractivity contribution in [2.45, 2.75) is 395 Å². The number of ketones is 1. The molecule has 0 aromatic carbocycles. The Bertz CT molecular complexity index is 2720. The molecule has 0 aromatic rings. The maximum Gasteiger partial charge on any atom is 0.139 e. The molecule has 11 atom stereocenters. The highest BCUT2D eigenvalue weighted by molar-refractivity contribution is 5.87. The van der Waals surface area contributed by atoms with E-state index in [4.69, 9.17) is 5.11 Å². The SMILES string of the molecule is C1C2CC1C2.C1C2CC3C1C3C2.C1C2CC3C1C3C2.C1C2CC3CC1C3C2.C1CC2CCC1C2.C1CC2CCC3CCC2C3C1.CC1(C)C2CC3C(C2)C31.CC1(C)C2CCC1CC2.CC12CC(C1)C2.CC12CC(C1)C2.CC1C2CCC(C2)C1(C)C.FC12CC(C1)C2.O=C1C2CCC1CC2.OC12CC(C1)C2. The molecule has 1 N–H and O–H groups in total. The van der Waals surface area contributed by atoms with Crippen LogP contribution in [0, 0.1) is 234 Å². The van der Waals surface area contributed by atoms with E-state index in [0.717, 1.165) is 108 Å². The number of carbonyl (C=O) groups is 1. The van der Waals surface area contributed by atoms with Gasteiger partial charge in [0.2, 0.25) is 0 Å². The lowest BCUT2D eigenvalue weighted by atomic mass is 9.45. The summed E-state index contributed by atoms with van der Waals surface area (Å²) in [5.74, 6) is 40.0. The minimum Gasteiger partial charge on any atom is -0.390 e. The van der Waals surface area contributed by atoms with Crippen LogP contribution in [0.25, 0.3) is 0 Å². The normalized spacial score (nSPS) is 58.2. The van der Waals surface area contributed by atoms with E-state index < -0.39 is 5.67 Å². The molecule has 0 aliphatic heterocycles. The molecule has 36 bridgehead atoms. The zero-order valence-corrected chi connectivity index (χ0v) is 69.8. The lowest BCUT2D eigenvalue weighted by Gasteiger charge is -2.60. The number of fused-ring (bicyclic) bond motifs is 9. The molecule has 41 rings (SSSR count). The van der Waals surface area contributed by atoms with Gasteiger partial charge in [-0.2, -0.15) is 0 Å². The van der Waals surface area contributed by atoms with Gasteiger partial charge in [-0.3, -0.25) is 4.79 Å². The van der Waals surface area contributed by atoms with Crippen molar-refractivity contribution in [1.29, 1.82) is 0 Å². The predicted octanol–water partition coefficient (Wildman–Crippen LogP) is 27.5. The van der Waals surface area contributed by atoms with Gasteiger partial charge < -0.3 is 5.11 Å². The Labute approximate surface area is 645 Å². The van der Waals surface area contributed by atoms with E-state index in [2.05, 4.69) is 62.3 Å². The van der Waals surface area contributed by atoms with E-state index in [1.807, 2.05) is 0 Å². The fourth-order valence-corrected chi connectivity index (χ4v) is 35.5. The summed E-state index contributed by atoms with van der Waals surface area (Å²) in [6.45, 7) is 22.0. The van der Waals surface area contributed by atoms with Gasteiger partial charge in [-0.15, -0.1) is 0 Å². The molecule has 0 aromatic heterocycles. The monoisotopic (exact) mass is 1440 g/mol. The zero-order valence-electron chi connectivity index (χ0n) is 69.8. The van der Waals surface area contributed by atoms with E-state index in [1.165, 1.54) is 219 Å². The highest BCUT2D eigenvalue weighted by Crippen LogP contribution is 2.78. The Morgan fingerprint density at radius 2 is 0.629 bits per heavy atom. The average molecular weight is 1440 g/mol. The van der Waals surface area contributed by atoms with E-state index in [-0.39, 0.29) is 5.60 Å². The van der Waals surface area contributed by atoms with Gasteiger partial charge in [0.1, 0.15) is 11.5 Å². The van der Waals surface area contributed by atoms with Crippen molar-refractivity contribution in [3.8, 4) is 0 Å². The summed E-state index contributed by atoms with van der Waals surface area (Å²) in [5.41, 5.74) is 3.11. The second-order valence-electron chi connectivity index (χ2n) is 50.6. The number of hydrogen-bond acceptors (Lipinski definition) is 2. The molecule has 3 heteroatoms. The molecule has 0 radical (unpaired) electrons.